The standard InChI is InChI=1S/C25H50OS2/c1-8-9-10-11-12-13-14-15-16-17-18-27-21-28-25(6,7)23(20-26)19-24(4,5)22(2)3/h20,22-23H,8-19,21H2,1-7H3. The molecule has 0 aliphatic heterocycles. The molecule has 0 bridgehead atoms. The summed E-state index contributed by atoms with van der Waals surface area (Å²) in [5.41, 5.74) is 0.215. The molecule has 1 unspecified atom stereocenters. The van der Waals surface area contributed by atoms with Crippen molar-refractivity contribution in [2.75, 3.05) is 10.8 Å². The van der Waals surface area contributed by atoms with Crippen molar-refractivity contribution in [3.05, 3.63) is 0 Å². The molecule has 0 N–H and O–H groups in total. The van der Waals surface area contributed by atoms with E-state index in [1.54, 1.807) is 0 Å². The van der Waals surface area contributed by atoms with Crippen LogP contribution in [0.5, 0.6) is 0 Å². The quantitative estimate of drug-likeness (QED) is 0.116. The zero-order chi connectivity index (χ0) is 21.5. The van der Waals surface area contributed by atoms with Crippen LogP contribution >= 0.6 is 23.5 Å². The van der Waals surface area contributed by atoms with Gasteiger partial charge in [0.1, 0.15) is 6.29 Å². The topological polar surface area (TPSA) is 17.1 Å². The fourth-order valence-corrected chi connectivity index (χ4v) is 6.09. The number of carbonyl (C=O) groups is 1. The van der Waals surface area contributed by atoms with Crippen LogP contribution in [0.4, 0.5) is 0 Å². The summed E-state index contributed by atoms with van der Waals surface area (Å²) in [5.74, 6) is 2.00. The van der Waals surface area contributed by atoms with Crippen molar-refractivity contribution in [3.63, 3.8) is 0 Å². The third-order valence-electron chi connectivity index (χ3n) is 6.52. The molecule has 0 fully saturated rings. The van der Waals surface area contributed by atoms with Gasteiger partial charge in [0.25, 0.3) is 0 Å². The minimum absolute atomic E-state index is 0.0265. The van der Waals surface area contributed by atoms with Gasteiger partial charge >= 0.3 is 0 Å². The number of unbranched alkanes of at least 4 members (excludes halogenated alkanes) is 9. The van der Waals surface area contributed by atoms with E-state index in [0.717, 1.165) is 11.5 Å². The minimum atomic E-state index is 0.0265. The number of rotatable bonds is 19. The first kappa shape index (κ1) is 28.4. The zero-order valence-corrected chi connectivity index (χ0v) is 21.8. The summed E-state index contributed by atoms with van der Waals surface area (Å²) in [5, 5.41) is 1.11. The van der Waals surface area contributed by atoms with Crippen LogP contribution in [0, 0.1) is 17.3 Å². The molecule has 0 aromatic heterocycles. The molecule has 0 aromatic carbocycles. The van der Waals surface area contributed by atoms with Gasteiger partial charge in [0, 0.05) is 15.7 Å². The highest BCUT2D eigenvalue weighted by Gasteiger charge is 2.35. The molecule has 0 aliphatic carbocycles. The predicted molar refractivity (Wildman–Crippen MR) is 134 cm³/mol. The molecular formula is C25H50OS2. The highest BCUT2D eigenvalue weighted by molar-refractivity contribution is 8.16. The summed E-state index contributed by atoms with van der Waals surface area (Å²) < 4.78 is 0.0265. The molecule has 0 saturated heterocycles. The van der Waals surface area contributed by atoms with Crippen LogP contribution in [0.15, 0.2) is 0 Å². The molecule has 0 aliphatic rings. The van der Waals surface area contributed by atoms with E-state index in [1.165, 1.54) is 76.2 Å². The molecular weight excluding hydrogens is 380 g/mol. The molecule has 0 saturated carbocycles. The Morgan fingerprint density at radius 3 is 1.79 bits per heavy atom. The smallest absolute Gasteiger partial charge is 0.124 e. The predicted octanol–water partition coefficient (Wildman–Crippen LogP) is 9.00. The number of carbonyl (C=O) groups excluding carboxylic acids is 1. The van der Waals surface area contributed by atoms with Crippen LogP contribution in [0.3, 0.4) is 0 Å². The van der Waals surface area contributed by atoms with Crippen LogP contribution < -0.4 is 0 Å². The average Bonchev–Trinajstić information content (AvgIpc) is 2.63. The van der Waals surface area contributed by atoms with E-state index < -0.39 is 0 Å². The lowest BCUT2D eigenvalue weighted by molar-refractivity contribution is -0.112. The maximum absolute atomic E-state index is 11.8. The van der Waals surface area contributed by atoms with Crippen LogP contribution in [-0.4, -0.2) is 21.9 Å². The van der Waals surface area contributed by atoms with Gasteiger partial charge in [0.15, 0.2) is 0 Å². The van der Waals surface area contributed by atoms with Gasteiger partial charge in [-0.3, -0.25) is 0 Å². The first-order valence-corrected chi connectivity index (χ1v) is 14.0. The van der Waals surface area contributed by atoms with Crippen molar-refractivity contribution in [1.82, 2.24) is 0 Å². The lowest BCUT2D eigenvalue weighted by Crippen LogP contribution is -2.35. The zero-order valence-electron chi connectivity index (χ0n) is 20.1. The molecule has 168 valence electrons. The SMILES string of the molecule is CCCCCCCCCCCCSCSC(C)(C)C(C=O)CC(C)(C)C(C)C. The first-order valence-electron chi connectivity index (χ1n) is 11.8. The lowest BCUT2D eigenvalue weighted by Gasteiger charge is -2.38. The van der Waals surface area contributed by atoms with Gasteiger partial charge in [0.2, 0.25) is 0 Å². The van der Waals surface area contributed by atoms with E-state index in [1.807, 2.05) is 11.8 Å². The van der Waals surface area contributed by atoms with Crippen LogP contribution in [0.1, 0.15) is 119 Å². The second kappa shape index (κ2) is 16.1. The Kier molecular flexibility index (Phi) is 16.3. The number of thioether (sulfide) groups is 2. The third kappa shape index (κ3) is 13.6. The van der Waals surface area contributed by atoms with Crippen LogP contribution in [0.25, 0.3) is 0 Å². The molecule has 28 heavy (non-hydrogen) atoms. The van der Waals surface area contributed by atoms with Gasteiger partial charge in [-0.1, -0.05) is 92.4 Å². The lowest BCUT2D eigenvalue weighted by atomic mass is 9.72. The highest BCUT2D eigenvalue weighted by Crippen LogP contribution is 2.42. The monoisotopic (exact) mass is 430 g/mol. The van der Waals surface area contributed by atoms with Crippen molar-refractivity contribution >= 4 is 29.8 Å². The Balaban J connectivity index is 3.81. The molecule has 3 heteroatoms. The number of aldehydes is 1. The summed E-state index contributed by atoms with van der Waals surface area (Å²) in [6, 6.07) is 0. The first-order chi connectivity index (χ1) is 13.2. The van der Waals surface area contributed by atoms with Crippen molar-refractivity contribution in [3.8, 4) is 0 Å². The van der Waals surface area contributed by atoms with E-state index >= 15 is 0 Å². The summed E-state index contributed by atoms with van der Waals surface area (Å²) in [6.45, 7) is 15.9. The second-order valence-corrected chi connectivity index (χ2v) is 13.1. The molecule has 1 nitrogen and oxygen atoms in total. The van der Waals surface area contributed by atoms with E-state index in [-0.39, 0.29) is 16.1 Å². The van der Waals surface area contributed by atoms with Crippen LogP contribution in [0.2, 0.25) is 0 Å². The molecule has 0 spiro atoms. The Hall–Kier alpha value is 0.370. The molecule has 1 atom stereocenters. The Bertz CT molecular complexity index is 377. The van der Waals surface area contributed by atoms with E-state index in [9.17, 15) is 4.79 Å². The maximum Gasteiger partial charge on any atom is 0.124 e. The molecule has 0 heterocycles. The summed E-state index contributed by atoms with van der Waals surface area (Å²) >= 11 is 4.03. The largest absolute Gasteiger partial charge is 0.303 e. The van der Waals surface area contributed by atoms with Crippen molar-refractivity contribution in [2.24, 2.45) is 17.3 Å². The van der Waals surface area contributed by atoms with Gasteiger partial charge in [-0.25, -0.2) is 0 Å². The van der Waals surface area contributed by atoms with Gasteiger partial charge in [-0.05, 0) is 43.8 Å². The van der Waals surface area contributed by atoms with E-state index in [4.69, 9.17) is 0 Å². The molecule has 0 amide bonds. The fraction of sp³-hybridized carbons (Fsp3) is 0.960. The summed E-state index contributed by atoms with van der Waals surface area (Å²) in [4.78, 5) is 11.8. The van der Waals surface area contributed by atoms with Gasteiger partial charge in [-0.2, -0.15) is 11.8 Å². The summed E-state index contributed by atoms with van der Waals surface area (Å²) in [7, 11) is 0. The van der Waals surface area contributed by atoms with Gasteiger partial charge < -0.3 is 4.79 Å². The maximum atomic E-state index is 11.8. The molecule has 0 radical (unpaired) electrons. The Labute approximate surface area is 186 Å². The minimum Gasteiger partial charge on any atom is -0.303 e. The van der Waals surface area contributed by atoms with Crippen molar-refractivity contribution < 1.29 is 4.79 Å². The van der Waals surface area contributed by atoms with E-state index in [0.29, 0.717) is 5.92 Å². The molecule has 0 aromatic rings. The van der Waals surface area contributed by atoms with Crippen LogP contribution in [-0.2, 0) is 4.79 Å². The second-order valence-electron chi connectivity index (χ2n) is 10.0. The average molecular weight is 431 g/mol. The number of hydrogen-bond acceptors (Lipinski definition) is 3. The van der Waals surface area contributed by atoms with Gasteiger partial charge in [0.05, 0.1) is 0 Å². The van der Waals surface area contributed by atoms with E-state index in [2.05, 4.69) is 60.2 Å². The normalized spacial score (nSPS) is 13.9. The van der Waals surface area contributed by atoms with Crippen molar-refractivity contribution in [1.29, 1.82) is 0 Å². The Morgan fingerprint density at radius 2 is 1.32 bits per heavy atom. The summed E-state index contributed by atoms with van der Waals surface area (Å²) in [6.07, 6.45) is 16.3. The Morgan fingerprint density at radius 1 is 0.821 bits per heavy atom. The third-order valence-corrected chi connectivity index (χ3v) is 9.28. The number of hydrogen-bond donors (Lipinski definition) is 0. The van der Waals surface area contributed by atoms with Crippen molar-refractivity contribution in [2.45, 2.75) is 124 Å². The fourth-order valence-electron chi connectivity index (χ4n) is 3.31. The van der Waals surface area contributed by atoms with Gasteiger partial charge in [-0.15, -0.1) is 11.8 Å². The highest BCUT2D eigenvalue weighted by atomic mass is 32.2. The molecule has 0 rings (SSSR count).